The van der Waals surface area contributed by atoms with Crippen molar-refractivity contribution in [1.29, 1.82) is 0 Å². The Labute approximate surface area is 273 Å². The summed E-state index contributed by atoms with van der Waals surface area (Å²) in [6.07, 6.45) is -9.14. The number of aliphatic hydroxyl groups excluding tert-OH is 1. The maximum Gasteiger partial charge on any atom is 0.522 e. The van der Waals surface area contributed by atoms with Gasteiger partial charge < -0.3 is 28.8 Å². The molecule has 0 aromatic rings. The number of aliphatic hydroxyl groups is 1. The molecule has 0 saturated carbocycles. The molecule has 1 unspecified atom stereocenters. The van der Waals surface area contributed by atoms with Crippen molar-refractivity contribution in [3.63, 3.8) is 0 Å². The van der Waals surface area contributed by atoms with Gasteiger partial charge in [0.15, 0.2) is 0 Å². The van der Waals surface area contributed by atoms with Crippen molar-refractivity contribution >= 4 is 23.9 Å². The minimum absolute atomic E-state index is 0.000509. The van der Waals surface area contributed by atoms with Crippen LogP contribution in [0.25, 0.3) is 0 Å². The number of rotatable bonds is 18. The van der Waals surface area contributed by atoms with Gasteiger partial charge in [0, 0.05) is 32.6 Å². The largest absolute Gasteiger partial charge is 0.522 e. The van der Waals surface area contributed by atoms with Crippen molar-refractivity contribution in [2.75, 3.05) is 53.9 Å². The van der Waals surface area contributed by atoms with Gasteiger partial charge in [-0.05, 0) is 27.7 Å². The quantitative estimate of drug-likeness (QED) is 0.0808. The average molecular weight is 729 g/mol. The first kappa shape index (κ1) is 51.7. The summed E-state index contributed by atoms with van der Waals surface area (Å²) < 4.78 is 137. The van der Waals surface area contributed by atoms with Crippen molar-refractivity contribution in [2.24, 2.45) is 5.92 Å². The summed E-state index contributed by atoms with van der Waals surface area (Å²) >= 11 is 0. The van der Waals surface area contributed by atoms with Crippen molar-refractivity contribution in [1.82, 2.24) is 0 Å². The second-order valence-electron chi connectivity index (χ2n) is 8.60. The van der Waals surface area contributed by atoms with Crippen molar-refractivity contribution in [2.45, 2.75) is 84.4 Å². The number of alkyl halides is 9. The second kappa shape index (κ2) is 26.8. The van der Waals surface area contributed by atoms with E-state index in [0.717, 1.165) is 7.11 Å². The van der Waals surface area contributed by atoms with Gasteiger partial charge in [-0.25, -0.2) is 4.79 Å². The lowest BCUT2D eigenvalue weighted by Gasteiger charge is -2.32. The van der Waals surface area contributed by atoms with Crippen LogP contribution in [-0.4, -0.2) is 107 Å². The molecule has 0 aliphatic rings. The lowest BCUT2D eigenvalue weighted by molar-refractivity contribution is -0.342. The van der Waals surface area contributed by atoms with Crippen LogP contribution in [0.5, 0.6) is 0 Å². The molecule has 0 bridgehead atoms. The normalized spacial score (nSPS) is 11.9. The Morgan fingerprint density at radius 1 is 0.708 bits per heavy atom. The summed E-state index contributed by atoms with van der Waals surface area (Å²) in [5.74, 6) is -18.5. The molecule has 0 aliphatic carbocycles. The van der Waals surface area contributed by atoms with Gasteiger partial charge in [0.1, 0.15) is 0 Å². The number of esters is 4. The van der Waals surface area contributed by atoms with Gasteiger partial charge >= 0.3 is 48.0 Å². The molecule has 1 N–H and O–H groups in total. The molecule has 0 aromatic carbocycles. The van der Waals surface area contributed by atoms with Crippen LogP contribution < -0.4 is 0 Å². The maximum atomic E-state index is 12.8. The number of halogens is 9. The van der Waals surface area contributed by atoms with E-state index in [1.807, 2.05) is 0 Å². The Kier molecular flexibility index (Phi) is 28.8. The van der Waals surface area contributed by atoms with Gasteiger partial charge in [-0.3, -0.25) is 19.1 Å². The van der Waals surface area contributed by atoms with E-state index in [1.165, 1.54) is 7.11 Å². The fourth-order valence-corrected chi connectivity index (χ4v) is 2.73. The third-order valence-electron chi connectivity index (χ3n) is 4.98. The summed E-state index contributed by atoms with van der Waals surface area (Å²) in [5, 5.41) is 7.00. The maximum absolute atomic E-state index is 12.8. The minimum Gasteiger partial charge on any atom is -0.466 e. The van der Waals surface area contributed by atoms with Gasteiger partial charge in [-0.15, -0.1) is 13.2 Å². The van der Waals surface area contributed by atoms with E-state index < -0.39 is 73.4 Å². The molecule has 0 aromatic heterocycles. The van der Waals surface area contributed by atoms with E-state index in [9.17, 15) is 58.7 Å². The average Bonchev–Trinajstić information content (AvgIpc) is 2.98. The first-order valence-corrected chi connectivity index (χ1v) is 14.1. The molecule has 0 aliphatic heterocycles. The number of hydrogen-bond acceptors (Lipinski definition) is 11. The predicted molar refractivity (Wildman–Crippen MR) is 150 cm³/mol. The highest BCUT2D eigenvalue weighted by molar-refractivity contribution is 5.93. The van der Waals surface area contributed by atoms with Crippen LogP contribution in [0.3, 0.4) is 0 Å². The van der Waals surface area contributed by atoms with E-state index in [1.54, 1.807) is 27.7 Å². The van der Waals surface area contributed by atoms with E-state index >= 15 is 0 Å². The first-order chi connectivity index (χ1) is 22.0. The molecule has 0 amide bonds. The van der Waals surface area contributed by atoms with Crippen LogP contribution in [0.4, 0.5) is 39.5 Å². The van der Waals surface area contributed by atoms with Gasteiger partial charge in [-0.2, -0.15) is 26.3 Å². The molecule has 0 saturated heterocycles. The summed E-state index contributed by atoms with van der Waals surface area (Å²) in [7, 11) is 2.47. The Morgan fingerprint density at radius 3 is 1.56 bits per heavy atom. The summed E-state index contributed by atoms with van der Waals surface area (Å²) in [6, 6.07) is 0. The van der Waals surface area contributed by atoms with Gasteiger partial charge in [0.2, 0.25) is 0 Å². The molecule has 48 heavy (non-hydrogen) atoms. The second-order valence-corrected chi connectivity index (χ2v) is 8.60. The molecule has 0 heterocycles. The van der Waals surface area contributed by atoms with E-state index in [-0.39, 0.29) is 31.6 Å². The fraction of sp³-hybridized carbons (Fsp3) is 0.786. The fourth-order valence-electron chi connectivity index (χ4n) is 2.73. The number of carbonyl (C=O) groups excluding carboxylic acids is 4. The molecular formula is C28H45F9O11. The molecule has 286 valence electrons. The number of ether oxygens (including phenoxy) is 6. The smallest absolute Gasteiger partial charge is 0.466 e. The summed E-state index contributed by atoms with van der Waals surface area (Å²) in [5.41, 5.74) is 0.125. The standard InChI is InChI=1S/C10H18O5.C9H14O4.C8H9F9O.CH4O/c1-4-14-9(11)6-8(7-13-3)10(12)15-5-2;1-4-12-8(10)6-7(3)9(11)13-5-2;1-2-5(9,10)7(13,14)6(11,12)3-4-18-8(15,16)17;1-2/h8H,4-7H2,1-3H3;3-6H2,1-2H3;2-4H2,1H3;2H,1H3. The predicted octanol–water partition coefficient (Wildman–Crippen LogP) is 5.66. The molecule has 0 radical (unpaired) electrons. The molecule has 0 rings (SSSR count). The molecule has 11 nitrogen and oxygen atoms in total. The van der Waals surface area contributed by atoms with Crippen LogP contribution in [0.2, 0.25) is 0 Å². The van der Waals surface area contributed by atoms with Crippen molar-refractivity contribution in [3.05, 3.63) is 12.2 Å². The third-order valence-corrected chi connectivity index (χ3v) is 4.98. The Morgan fingerprint density at radius 2 is 1.17 bits per heavy atom. The van der Waals surface area contributed by atoms with Gasteiger partial charge in [-0.1, -0.05) is 13.5 Å². The SMILES string of the molecule is C=C(CC(=O)OCC)C(=O)OCC.CCC(F)(F)C(F)(F)C(F)(F)CCOC(F)(F)F.CCOC(=O)CC(COC)C(=O)OCC.CO. The highest BCUT2D eigenvalue weighted by Gasteiger charge is 2.70. The zero-order chi connectivity index (χ0) is 38.8. The van der Waals surface area contributed by atoms with E-state index in [2.05, 4.69) is 20.8 Å². The van der Waals surface area contributed by atoms with Crippen LogP contribution in [0, 0.1) is 5.92 Å². The van der Waals surface area contributed by atoms with E-state index in [0.29, 0.717) is 26.7 Å². The van der Waals surface area contributed by atoms with Gasteiger partial charge in [0.05, 0.1) is 58.4 Å². The Balaban J connectivity index is -0.000000298. The number of hydrogen-bond donors (Lipinski definition) is 1. The first-order valence-electron chi connectivity index (χ1n) is 14.1. The Bertz CT molecular complexity index is 929. The summed E-state index contributed by atoms with van der Waals surface area (Å²) in [4.78, 5) is 44.3. The van der Waals surface area contributed by atoms with Gasteiger partial charge in [0.25, 0.3) is 0 Å². The minimum atomic E-state index is -5.75. The van der Waals surface area contributed by atoms with Crippen LogP contribution in [-0.2, 0) is 47.6 Å². The molecule has 20 heteroatoms. The van der Waals surface area contributed by atoms with Crippen LogP contribution in [0.1, 0.15) is 60.3 Å². The van der Waals surface area contributed by atoms with E-state index in [4.69, 9.17) is 19.3 Å². The molecular weight excluding hydrogens is 683 g/mol. The molecule has 0 fully saturated rings. The number of methoxy groups -OCH3 is 1. The molecule has 1 atom stereocenters. The lowest BCUT2D eigenvalue weighted by atomic mass is 10.0. The topological polar surface area (TPSA) is 144 Å². The van der Waals surface area contributed by atoms with Crippen molar-refractivity contribution in [3.8, 4) is 0 Å². The highest BCUT2D eigenvalue weighted by Crippen LogP contribution is 2.48. The number of carbonyl (C=O) groups is 4. The van der Waals surface area contributed by atoms with Crippen LogP contribution in [0.15, 0.2) is 12.2 Å². The zero-order valence-corrected chi connectivity index (χ0v) is 27.8. The lowest BCUT2D eigenvalue weighted by Crippen LogP contribution is -2.54. The van der Waals surface area contributed by atoms with Crippen LogP contribution >= 0.6 is 0 Å². The third kappa shape index (κ3) is 23.2. The monoisotopic (exact) mass is 728 g/mol. The Hall–Kier alpha value is -3.13. The molecule has 0 spiro atoms. The zero-order valence-electron chi connectivity index (χ0n) is 27.8. The summed E-state index contributed by atoms with van der Waals surface area (Å²) in [6.45, 7) is 10.3. The highest BCUT2D eigenvalue weighted by atomic mass is 19.4. The van der Waals surface area contributed by atoms with Crippen molar-refractivity contribution < 1.29 is 92.2 Å².